The van der Waals surface area contributed by atoms with E-state index >= 15 is 0 Å². The van der Waals surface area contributed by atoms with Crippen LogP contribution in [-0.4, -0.2) is 18.5 Å². The lowest BCUT2D eigenvalue weighted by Crippen LogP contribution is -2.23. The Hall–Kier alpha value is -3.67. The predicted octanol–water partition coefficient (Wildman–Crippen LogP) is 5.01. The summed E-state index contributed by atoms with van der Waals surface area (Å²) in [5.41, 5.74) is 4.35. The molecule has 34 heavy (non-hydrogen) atoms. The summed E-state index contributed by atoms with van der Waals surface area (Å²) < 4.78 is 25.8. The van der Waals surface area contributed by atoms with Gasteiger partial charge in [0.1, 0.15) is 11.6 Å². The number of ketones is 1. The fourth-order valence-electron chi connectivity index (χ4n) is 4.58. The van der Waals surface area contributed by atoms with Crippen LogP contribution < -0.4 is 14.8 Å². The Bertz CT molecular complexity index is 1280. The molecule has 0 atom stereocenters. The van der Waals surface area contributed by atoms with Gasteiger partial charge in [-0.2, -0.15) is 0 Å². The molecule has 2 aliphatic rings. The fourth-order valence-corrected chi connectivity index (χ4v) is 4.58. The van der Waals surface area contributed by atoms with Crippen molar-refractivity contribution in [2.45, 2.75) is 45.1 Å². The number of aryl methyl sites for hydroxylation is 1. The van der Waals surface area contributed by atoms with Gasteiger partial charge in [-0.05, 0) is 77.4 Å². The van der Waals surface area contributed by atoms with Gasteiger partial charge < -0.3 is 14.8 Å². The highest BCUT2D eigenvalue weighted by molar-refractivity contribution is 5.95. The van der Waals surface area contributed by atoms with Gasteiger partial charge in [0.25, 0.3) is 0 Å². The van der Waals surface area contributed by atoms with Crippen LogP contribution in [0, 0.1) is 12.7 Å². The van der Waals surface area contributed by atoms with Crippen molar-refractivity contribution >= 4 is 11.7 Å². The number of hydrogen-bond donors (Lipinski definition) is 1. The number of benzene rings is 3. The number of carbonyl (C=O) groups is 2. The third-order valence-corrected chi connectivity index (χ3v) is 6.76. The van der Waals surface area contributed by atoms with Gasteiger partial charge in [-0.3, -0.25) is 9.59 Å². The average molecular weight is 460 g/mol. The molecule has 6 heteroatoms. The molecule has 0 spiro atoms. The Morgan fingerprint density at radius 1 is 1.00 bits per heavy atom. The van der Waals surface area contributed by atoms with Crippen molar-refractivity contribution < 1.29 is 23.5 Å². The molecule has 1 amide bonds. The third-order valence-electron chi connectivity index (χ3n) is 6.76. The first-order chi connectivity index (χ1) is 16.4. The van der Waals surface area contributed by atoms with Crippen molar-refractivity contribution in [3.8, 4) is 22.6 Å². The van der Waals surface area contributed by atoms with Crippen LogP contribution in [0.2, 0.25) is 0 Å². The van der Waals surface area contributed by atoms with Gasteiger partial charge in [0.15, 0.2) is 11.5 Å². The van der Waals surface area contributed by atoms with E-state index in [2.05, 4.69) is 5.32 Å². The molecule has 5 rings (SSSR count). The van der Waals surface area contributed by atoms with Gasteiger partial charge in [0.2, 0.25) is 12.7 Å². The molecule has 5 nitrogen and oxygen atoms in total. The second kappa shape index (κ2) is 8.60. The van der Waals surface area contributed by atoms with Crippen LogP contribution >= 0.6 is 0 Å². The summed E-state index contributed by atoms with van der Waals surface area (Å²) in [5, 5.41) is 2.78. The SMILES string of the molecule is CC(=O)NCc1ccc(-c2cc(CC(=O)C3(c4ccc5c(c4)OCO5)CC3)c(F)cc2C)cc1. The average Bonchev–Trinajstić information content (AvgIpc) is 3.50. The largest absolute Gasteiger partial charge is 0.454 e. The van der Waals surface area contributed by atoms with Gasteiger partial charge in [-0.1, -0.05) is 30.3 Å². The minimum Gasteiger partial charge on any atom is -0.454 e. The smallest absolute Gasteiger partial charge is 0.231 e. The Morgan fingerprint density at radius 3 is 2.44 bits per heavy atom. The summed E-state index contributed by atoms with van der Waals surface area (Å²) in [6, 6.07) is 16.7. The van der Waals surface area contributed by atoms with Gasteiger partial charge in [0.05, 0.1) is 5.41 Å². The van der Waals surface area contributed by atoms with Gasteiger partial charge in [0, 0.05) is 19.9 Å². The van der Waals surface area contributed by atoms with E-state index in [0.717, 1.165) is 40.7 Å². The highest BCUT2D eigenvalue weighted by atomic mass is 19.1. The summed E-state index contributed by atoms with van der Waals surface area (Å²) in [7, 11) is 0. The van der Waals surface area contributed by atoms with E-state index in [1.807, 2.05) is 49.4 Å². The summed E-state index contributed by atoms with van der Waals surface area (Å²) in [4.78, 5) is 24.5. The van der Waals surface area contributed by atoms with E-state index in [0.29, 0.717) is 23.6 Å². The van der Waals surface area contributed by atoms with Crippen molar-refractivity contribution in [2.75, 3.05) is 6.79 Å². The number of halogens is 1. The minimum absolute atomic E-state index is 0.0192. The molecule has 1 N–H and O–H groups in total. The maximum atomic E-state index is 14.9. The van der Waals surface area contributed by atoms with Crippen LogP contribution in [0.15, 0.2) is 54.6 Å². The molecule has 1 saturated carbocycles. The lowest BCUT2D eigenvalue weighted by atomic mass is 9.86. The molecule has 1 heterocycles. The number of nitrogens with one attached hydrogen (secondary N) is 1. The molecule has 1 fully saturated rings. The van der Waals surface area contributed by atoms with Crippen LogP contribution in [0.25, 0.3) is 11.1 Å². The maximum Gasteiger partial charge on any atom is 0.231 e. The topological polar surface area (TPSA) is 64.6 Å². The molecule has 1 aliphatic heterocycles. The second-order valence-corrected chi connectivity index (χ2v) is 9.12. The van der Waals surface area contributed by atoms with E-state index in [1.54, 1.807) is 6.07 Å². The number of amides is 1. The van der Waals surface area contributed by atoms with Crippen LogP contribution in [0.5, 0.6) is 11.5 Å². The van der Waals surface area contributed by atoms with Crippen molar-refractivity contribution in [2.24, 2.45) is 0 Å². The summed E-state index contributed by atoms with van der Waals surface area (Å²) in [5.74, 6) is 0.915. The molecule has 0 saturated heterocycles. The molecule has 0 bridgehead atoms. The lowest BCUT2D eigenvalue weighted by Gasteiger charge is -2.17. The Kier molecular flexibility index (Phi) is 5.60. The monoisotopic (exact) mass is 459 g/mol. The van der Waals surface area contributed by atoms with Gasteiger partial charge in [-0.25, -0.2) is 4.39 Å². The van der Waals surface area contributed by atoms with E-state index in [1.165, 1.54) is 13.0 Å². The quantitative estimate of drug-likeness (QED) is 0.540. The van der Waals surface area contributed by atoms with E-state index in [9.17, 15) is 14.0 Å². The first-order valence-electron chi connectivity index (χ1n) is 11.4. The summed E-state index contributed by atoms with van der Waals surface area (Å²) >= 11 is 0. The number of carbonyl (C=O) groups excluding carboxylic acids is 2. The summed E-state index contributed by atoms with van der Waals surface area (Å²) in [6.07, 6.45) is 1.54. The van der Waals surface area contributed by atoms with Crippen molar-refractivity contribution in [3.05, 3.63) is 82.7 Å². The zero-order valence-electron chi connectivity index (χ0n) is 19.2. The number of hydrogen-bond acceptors (Lipinski definition) is 4. The van der Waals surface area contributed by atoms with Crippen molar-refractivity contribution in [1.29, 1.82) is 0 Å². The highest BCUT2D eigenvalue weighted by Gasteiger charge is 2.51. The lowest BCUT2D eigenvalue weighted by molar-refractivity contribution is -0.121. The second-order valence-electron chi connectivity index (χ2n) is 9.12. The van der Waals surface area contributed by atoms with Crippen molar-refractivity contribution in [1.82, 2.24) is 5.32 Å². The van der Waals surface area contributed by atoms with E-state index < -0.39 is 5.41 Å². The van der Waals surface area contributed by atoms with Gasteiger partial charge in [-0.15, -0.1) is 0 Å². The molecule has 174 valence electrons. The van der Waals surface area contributed by atoms with Gasteiger partial charge >= 0.3 is 0 Å². The molecule has 0 radical (unpaired) electrons. The summed E-state index contributed by atoms with van der Waals surface area (Å²) in [6.45, 7) is 3.99. The predicted molar refractivity (Wildman–Crippen MR) is 126 cm³/mol. The molecule has 1 aliphatic carbocycles. The Morgan fingerprint density at radius 2 is 1.74 bits per heavy atom. The zero-order chi connectivity index (χ0) is 23.9. The molecule has 3 aromatic carbocycles. The zero-order valence-corrected chi connectivity index (χ0v) is 19.2. The third kappa shape index (κ3) is 4.16. The normalized spacial score (nSPS) is 15.1. The number of fused-ring (bicyclic) bond motifs is 1. The molecule has 3 aromatic rings. The number of Topliss-reactive ketones (excluding diaryl/α,β-unsaturated/α-hetero) is 1. The Labute approximate surface area is 197 Å². The first-order valence-corrected chi connectivity index (χ1v) is 11.4. The molecule has 0 aromatic heterocycles. The maximum absolute atomic E-state index is 14.9. The first kappa shape index (κ1) is 22.1. The molecule has 0 unspecified atom stereocenters. The Balaban J connectivity index is 1.38. The van der Waals surface area contributed by atoms with Crippen LogP contribution in [0.4, 0.5) is 4.39 Å². The van der Waals surface area contributed by atoms with Crippen LogP contribution in [0.1, 0.15) is 42.0 Å². The molecular weight excluding hydrogens is 433 g/mol. The highest BCUT2D eigenvalue weighted by Crippen LogP contribution is 2.51. The fraction of sp³-hybridized carbons (Fsp3) is 0.286. The number of rotatable bonds is 7. The molecular formula is C28H26FNO4. The van der Waals surface area contributed by atoms with E-state index in [4.69, 9.17) is 9.47 Å². The van der Waals surface area contributed by atoms with Crippen LogP contribution in [-0.2, 0) is 28.0 Å². The van der Waals surface area contributed by atoms with Crippen molar-refractivity contribution in [3.63, 3.8) is 0 Å². The standard InChI is InChI=1S/C28H26FNO4/c1-17-11-24(29)21(12-23(17)20-5-3-19(4-6-20)15-30-18(2)31)13-27(32)28(9-10-28)22-7-8-25-26(14-22)34-16-33-25/h3-8,11-12,14H,9-10,13,15-16H2,1-2H3,(H,30,31). The minimum atomic E-state index is -0.580. The van der Waals surface area contributed by atoms with Crippen LogP contribution in [0.3, 0.4) is 0 Å². The van der Waals surface area contributed by atoms with E-state index in [-0.39, 0.29) is 30.7 Å². The number of ether oxygens (including phenoxy) is 2.